The molecule has 2 rings (SSSR count). The van der Waals surface area contributed by atoms with Gasteiger partial charge in [0.15, 0.2) is 0 Å². The lowest BCUT2D eigenvalue weighted by Crippen LogP contribution is -2.17. The molecule has 19 heavy (non-hydrogen) atoms. The van der Waals surface area contributed by atoms with Crippen LogP contribution in [0.15, 0.2) is 29.2 Å². The highest BCUT2D eigenvalue weighted by Gasteiger charge is 2.24. The van der Waals surface area contributed by atoms with Crippen LogP contribution in [0, 0.1) is 0 Å². The summed E-state index contributed by atoms with van der Waals surface area (Å²) in [5.41, 5.74) is 0.796. The highest BCUT2D eigenvalue weighted by atomic mass is 32.2. The van der Waals surface area contributed by atoms with Crippen molar-refractivity contribution in [3.05, 3.63) is 34.7 Å². The van der Waals surface area contributed by atoms with Gasteiger partial charge in [0.25, 0.3) is 11.1 Å². The van der Waals surface area contributed by atoms with Crippen LogP contribution in [0.5, 0.6) is 5.75 Å². The van der Waals surface area contributed by atoms with E-state index in [1.54, 1.807) is 30.3 Å². The van der Waals surface area contributed by atoms with Gasteiger partial charge in [0.05, 0.1) is 18.2 Å². The van der Waals surface area contributed by atoms with Gasteiger partial charge < -0.3 is 4.74 Å². The second-order valence-corrected chi connectivity index (χ2v) is 4.83. The molecule has 0 unspecified atom stereocenters. The van der Waals surface area contributed by atoms with E-state index in [2.05, 4.69) is 5.32 Å². The Bertz CT molecular complexity index is 513. The minimum Gasteiger partial charge on any atom is -0.493 e. The fourth-order valence-electron chi connectivity index (χ4n) is 1.48. The van der Waals surface area contributed by atoms with Crippen LogP contribution in [0.2, 0.25) is 0 Å². The summed E-state index contributed by atoms with van der Waals surface area (Å²) in [6.45, 7) is -0.0613. The van der Waals surface area contributed by atoms with E-state index in [-0.39, 0.29) is 11.1 Å². The lowest BCUT2D eigenvalue weighted by atomic mass is 10.2. The third-order valence-electron chi connectivity index (χ3n) is 2.37. The van der Waals surface area contributed by atoms with Crippen molar-refractivity contribution in [3.63, 3.8) is 0 Å². The van der Waals surface area contributed by atoms with E-state index in [1.165, 1.54) is 0 Å². The first-order valence-electron chi connectivity index (χ1n) is 5.73. The van der Waals surface area contributed by atoms with Crippen molar-refractivity contribution in [3.8, 4) is 5.75 Å². The zero-order valence-electron chi connectivity index (χ0n) is 10.0. The summed E-state index contributed by atoms with van der Waals surface area (Å²) >= 11 is 0.878. The smallest absolute Gasteiger partial charge is 0.290 e. The maximum atomic E-state index is 11.9. The Hall–Kier alpha value is -1.82. The molecule has 0 aromatic heterocycles. The standard InChI is InChI=1S/C13H12FNO3S/c14-6-1-7-18-10-4-2-9(3-5-10)8-11-12(16)15-13(17)19-11/h2-5,8H,1,6-7H2,(H,15,16,17). The average Bonchev–Trinajstić information content (AvgIpc) is 2.70. The Morgan fingerprint density at radius 2 is 2.00 bits per heavy atom. The Morgan fingerprint density at radius 1 is 1.26 bits per heavy atom. The number of hydrogen-bond acceptors (Lipinski definition) is 4. The van der Waals surface area contributed by atoms with E-state index in [0.29, 0.717) is 23.7 Å². The van der Waals surface area contributed by atoms with Crippen molar-refractivity contribution in [2.45, 2.75) is 6.42 Å². The molecule has 0 bridgehead atoms. The Morgan fingerprint density at radius 3 is 2.58 bits per heavy atom. The number of amides is 2. The van der Waals surface area contributed by atoms with Crippen LogP contribution < -0.4 is 10.1 Å². The quantitative estimate of drug-likeness (QED) is 0.666. The van der Waals surface area contributed by atoms with Crippen molar-refractivity contribution in [2.75, 3.05) is 13.3 Å². The molecule has 6 heteroatoms. The Kier molecular flexibility index (Phi) is 4.57. The number of alkyl halides is 1. The normalized spacial score (nSPS) is 16.8. The predicted molar refractivity (Wildman–Crippen MR) is 71.6 cm³/mol. The summed E-state index contributed by atoms with van der Waals surface area (Å²) in [5.74, 6) is 0.272. The first-order valence-corrected chi connectivity index (χ1v) is 6.54. The van der Waals surface area contributed by atoms with E-state index < -0.39 is 6.67 Å². The van der Waals surface area contributed by atoms with Crippen LogP contribution in [-0.2, 0) is 4.79 Å². The number of ether oxygens (including phenoxy) is 1. The molecule has 0 atom stereocenters. The van der Waals surface area contributed by atoms with Crippen molar-refractivity contribution in [2.24, 2.45) is 0 Å². The number of thioether (sulfide) groups is 1. The first-order chi connectivity index (χ1) is 9.19. The lowest BCUT2D eigenvalue weighted by molar-refractivity contribution is -0.115. The molecule has 1 aromatic carbocycles. The Labute approximate surface area is 114 Å². The largest absolute Gasteiger partial charge is 0.493 e. The molecule has 1 aliphatic rings. The van der Waals surface area contributed by atoms with Crippen LogP contribution in [0.3, 0.4) is 0 Å². The van der Waals surface area contributed by atoms with E-state index in [9.17, 15) is 14.0 Å². The van der Waals surface area contributed by atoms with Gasteiger partial charge in [-0.1, -0.05) is 12.1 Å². The molecule has 0 radical (unpaired) electrons. The van der Waals surface area contributed by atoms with Gasteiger partial charge in [-0.3, -0.25) is 19.3 Å². The third-order valence-corrected chi connectivity index (χ3v) is 3.18. The van der Waals surface area contributed by atoms with E-state index in [4.69, 9.17) is 4.74 Å². The summed E-state index contributed by atoms with van der Waals surface area (Å²) < 4.78 is 17.2. The summed E-state index contributed by atoms with van der Waals surface area (Å²) in [5, 5.41) is 1.83. The molecule has 100 valence electrons. The van der Waals surface area contributed by atoms with Gasteiger partial charge >= 0.3 is 0 Å². The van der Waals surface area contributed by atoms with Crippen LogP contribution in [0.25, 0.3) is 6.08 Å². The van der Waals surface area contributed by atoms with Crippen LogP contribution in [-0.4, -0.2) is 24.4 Å². The number of nitrogens with one attached hydrogen (secondary N) is 1. The van der Waals surface area contributed by atoms with Gasteiger partial charge in [-0.2, -0.15) is 0 Å². The lowest BCUT2D eigenvalue weighted by Gasteiger charge is -2.04. The number of carbonyl (C=O) groups is 2. The number of rotatable bonds is 5. The monoisotopic (exact) mass is 281 g/mol. The maximum Gasteiger partial charge on any atom is 0.290 e. The molecule has 1 aromatic rings. The number of imide groups is 1. The van der Waals surface area contributed by atoms with Crippen molar-refractivity contribution in [1.29, 1.82) is 0 Å². The van der Waals surface area contributed by atoms with Gasteiger partial charge in [0.1, 0.15) is 5.75 Å². The van der Waals surface area contributed by atoms with Gasteiger partial charge in [-0.05, 0) is 35.5 Å². The molecule has 0 spiro atoms. The van der Waals surface area contributed by atoms with Crippen LogP contribution >= 0.6 is 11.8 Å². The zero-order chi connectivity index (χ0) is 13.7. The predicted octanol–water partition coefficient (Wildman–Crippen LogP) is 2.75. The number of halogens is 1. The molecule has 1 fully saturated rings. The van der Waals surface area contributed by atoms with Crippen molar-refractivity contribution < 1.29 is 18.7 Å². The second-order valence-electron chi connectivity index (χ2n) is 3.81. The molecule has 0 saturated carbocycles. The van der Waals surface area contributed by atoms with Gasteiger partial charge in [-0.15, -0.1) is 0 Å². The molecular weight excluding hydrogens is 269 g/mol. The fourth-order valence-corrected chi connectivity index (χ4v) is 2.16. The minimum absolute atomic E-state index is 0.337. The maximum absolute atomic E-state index is 11.9. The number of hydrogen-bond donors (Lipinski definition) is 1. The molecule has 1 saturated heterocycles. The Balaban J connectivity index is 2.00. The third kappa shape index (κ3) is 3.82. The van der Waals surface area contributed by atoms with Crippen LogP contribution in [0.4, 0.5) is 9.18 Å². The molecule has 1 N–H and O–H groups in total. The molecule has 2 amide bonds. The molecule has 1 aliphatic heterocycles. The zero-order valence-corrected chi connectivity index (χ0v) is 10.8. The number of carbonyl (C=O) groups excluding carboxylic acids is 2. The number of benzene rings is 1. The molecule has 1 heterocycles. The molecule has 0 aliphatic carbocycles. The SMILES string of the molecule is O=C1NC(=O)C(=Cc2ccc(OCCCF)cc2)S1. The second kappa shape index (κ2) is 6.38. The van der Waals surface area contributed by atoms with Gasteiger partial charge in [0.2, 0.25) is 0 Å². The first kappa shape index (κ1) is 13.6. The van der Waals surface area contributed by atoms with Gasteiger partial charge in [0, 0.05) is 6.42 Å². The van der Waals surface area contributed by atoms with E-state index >= 15 is 0 Å². The summed E-state index contributed by atoms with van der Waals surface area (Å²) in [7, 11) is 0. The van der Waals surface area contributed by atoms with Crippen molar-refractivity contribution in [1.82, 2.24) is 5.32 Å². The summed E-state index contributed by atoms with van der Waals surface area (Å²) in [6, 6.07) is 7.02. The van der Waals surface area contributed by atoms with Gasteiger partial charge in [-0.25, -0.2) is 0 Å². The highest BCUT2D eigenvalue weighted by molar-refractivity contribution is 8.18. The summed E-state index contributed by atoms with van der Waals surface area (Å²) in [6.07, 6.45) is 2.00. The van der Waals surface area contributed by atoms with E-state index in [0.717, 1.165) is 17.3 Å². The minimum atomic E-state index is -0.398. The van der Waals surface area contributed by atoms with E-state index in [1.807, 2.05) is 0 Å². The highest BCUT2D eigenvalue weighted by Crippen LogP contribution is 2.26. The average molecular weight is 281 g/mol. The van der Waals surface area contributed by atoms with Crippen LogP contribution in [0.1, 0.15) is 12.0 Å². The summed E-state index contributed by atoms with van der Waals surface area (Å²) in [4.78, 5) is 22.7. The topological polar surface area (TPSA) is 55.4 Å². The van der Waals surface area contributed by atoms with Crippen molar-refractivity contribution >= 4 is 29.0 Å². The fraction of sp³-hybridized carbons (Fsp3) is 0.231. The molecule has 4 nitrogen and oxygen atoms in total. The molecular formula is C13H12FNO3S.